The Hall–Kier alpha value is -1.72. The minimum Gasteiger partial charge on any atom is -0.465 e. The standard InChI is InChI=1S/C16H20Cl2N2O3/c1-4-8-16(20(3)15(22)23,9-7-14(21)19-2)11-5-6-12(17)13(18)10-11/h4-6,10H,1,7-9H2,2-3H3,(H,19,21)(H,22,23). The number of carbonyl (C=O) groups excluding carboxylic acids is 1. The molecule has 2 N–H and O–H groups in total. The van der Waals surface area contributed by atoms with Crippen LogP contribution in [0.25, 0.3) is 0 Å². The molecule has 126 valence electrons. The predicted molar refractivity (Wildman–Crippen MR) is 92.0 cm³/mol. The van der Waals surface area contributed by atoms with Gasteiger partial charge in [0.1, 0.15) is 0 Å². The summed E-state index contributed by atoms with van der Waals surface area (Å²) in [4.78, 5) is 24.4. The van der Waals surface area contributed by atoms with Crippen molar-refractivity contribution < 1.29 is 14.7 Å². The molecule has 0 bridgehead atoms. The first-order valence-corrected chi connectivity index (χ1v) is 7.78. The summed E-state index contributed by atoms with van der Waals surface area (Å²) in [5.74, 6) is -0.169. The van der Waals surface area contributed by atoms with Gasteiger partial charge in [-0.1, -0.05) is 35.3 Å². The molecule has 7 heteroatoms. The number of hydrogen-bond acceptors (Lipinski definition) is 2. The molecule has 0 saturated carbocycles. The molecule has 0 radical (unpaired) electrons. The fourth-order valence-electron chi connectivity index (χ4n) is 2.52. The van der Waals surface area contributed by atoms with E-state index in [4.69, 9.17) is 23.2 Å². The van der Waals surface area contributed by atoms with Gasteiger partial charge in [-0.15, -0.1) is 6.58 Å². The van der Waals surface area contributed by atoms with Crippen LogP contribution < -0.4 is 5.32 Å². The second kappa shape index (κ2) is 8.22. The van der Waals surface area contributed by atoms with Crippen molar-refractivity contribution in [1.29, 1.82) is 0 Å². The van der Waals surface area contributed by atoms with Crippen LogP contribution >= 0.6 is 23.2 Å². The Morgan fingerprint density at radius 1 is 1.39 bits per heavy atom. The quantitative estimate of drug-likeness (QED) is 0.726. The van der Waals surface area contributed by atoms with Gasteiger partial charge in [-0.05, 0) is 30.5 Å². The Bertz CT molecular complexity index is 607. The van der Waals surface area contributed by atoms with Gasteiger partial charge in [0, 0.05) is 20.5 Å². The summed E-state index contributed by atoms with van der Waals surface area (Å²) < 4.78 is 0. The van der Waals surface area contributed by atoms with Crippen molar-refractivity contribution in [1.82, 2.24) is 10.2 Å². The van der Waals surface area contributed by atoms with Gasteiger partial charge in [0.25, 0.3) is 0 Å². The molecular weight excluding hydrogens is 339 g/mol. The zero-order valence-corrected chi connectivity index (χ0v) is 14.6. The van der Waals surface area contributed by atoms with Crippen LogP contribution in [0.2, 0.25) is 10.0 Å². The third kappa shape index (κ3) is 4.39. The summed E-state index contributed by atoms with van der Waals surface area (Å²) in [6, 6.07) is 4.98. The van der Waals surface area contributed by atoms with Gasteiger partial charge in [0.15, 0.2) is 0 Å². The van der Waals surface area contributed by atoms with E-state index in [-0.39, 0.29) is 12.3 Å². The molecule has 5 nitrogen and oxygen atoms in total. The molecule has 1 atom stereocenters. The number of halogens is 2. The van der Waals surface area contributed by atoms with Crippen molar-refractivity contribution in [2.45, 2.75) is 24.8 Å². The summed E-state index contributed by atoms with van der Waals surface area (Å²) in [7, 11) is 3.01. The SMILES string of the molecule is C=CCC(CCC(=O)NC)(c1ccc(Cl)c(Cl)c1)N(C)C(=O)O. The van der Waals surface area contributed by atoms with E-state index in [0.717, 1.165) is 0 Å². The molecule has 1 aromatic rings. The van der Waals surface area contributed by atoms with Crippen LogP contribution in [0, 0.1) is 0 Å². The van der Waals surface area contributed by atoms with Gasteiger partial charge < -0.3 is 15.3 Å². The first-order chi connectivity index (χ1) is 10.8. The van der Waals surface area contributed by atoms with Gasteiger partial charge in [-0.3, -0.25) is 4.79 Å². The normalized spacial score (nSPS) is 13.0. The molecule has 0 aromatic heterocycles. The van der Waals surface area contributed by atoms with E-state index < -0.39 is 11.6 Å². The Kier molecular flexibility index (Phi) is 6.91. The van der Waals surface area contributed by atoms with Gasteiger partial charge in [-0.2, -0.15) is 0 Å². The molecule has 0 spiro atoms. The number of carbonyl (C=O) groups is 2. The van der Waals surface area contributed by atoms with Crippen molar-refractivity contribution in [3.8, 4) is 0 Å². The van der Waals surface area contributed by atoms with Crippen LogP contribution in [-0.2, 0) is 10.3 Å². The van der Waals surface area contributed by atoms with E-state index in [9.17, 15) is 14.7 Å². The topological polar surface area (TPSA) is 69.6 Å². The molecule has 1 unspecified atom stereocenters. The van der Waals surface area contributed by atoms with Crippen LogP contribution in [0.15, 0.2) is 30.9 Å². The van der Waals surface area contributed by atoms with Crippen molar-refractivity contribution >= 4 is 35.2 Å². The molecule has 0 aliphatic rings. The highest BCUT2D eigenvalue weighted by Gasteiger charge is 2.38. The lowest BCUT2D eigenvalue weighted by molar-refractivity contribution is -0.121. The molecule has 0 heterocycles. The largest absolute Gasteiger partial charge is 0.465 e. The first kappa shape index (κ1) is 19.3. The monoisotopic (exact) mass is 358 g/mol. The van der Waals surface area contributed by atoms with Crippen molar-refractivity contribution in [2.75, 3.05) is 14.1 Å². The predicted octanol–water partition coefficient (Wildman–Crippen LogP) is 3.90. The van der Waals surface area contributed by atoms with Gasteiger partial charge in [0.05, 0.1) is 15.6 Å². The van der Waals surface area contributed by atoms with Crippen LogP contribution in [0.5, 0.6) is 0 Å². The van der Waals surface area contributed by atoms with Crippen molar-refractivity contribution in [3.63, 3.8) is 0 Å². The van der Waals surface area contributed by atoms with Gasteiger partial charge in [0.2, 0.25) is 5.91 Å². The maximum absolute atomic E-state index is 11.7. The minimum atomic E-state index is -1.10. The highest BCUT2D eigenvalue weighted by Crippen LogP contribution is 2.39. The maximum Gasteiger partial charge on any atom is 0.407 e. The summed E-state index contributed by atoms with van der Waals surface area (Å²) in [6.45, 7) is 3.72. The fraction of sp³-hybridized carbons (Fsp3) is 0.375. The number of amides is 2. The Balaban J connectivity index is 3.40. The molecular formula is C16H20Cl2N2O3. The van der Waals surface area contributed by atoms with Crippen LogP contribution in [0.1, 0.15) is 24.8 Å². The molecule has 1 rings (SSSR count). The summed E-state index contributed by atoms with van der Waals surface area (Å²) in [6.07, 6.45) is 1.33. The molecule has 0 aliphatic heterocycles. The van der Waals surface area contributed by atoms with E-state index >= 15 is 0 Å². The molecule has 0 saturated heterocycles. The summed E-state index contributed by atoms with van der Waals surface area (Å²) >= 11 is 12.0. The van der Waals surface area contributed by atoms with E-state index in [0.29, 0.717) is 28.5 Å². The van der Waals surface area contributed by atoms with Crippen LogP contribution in [-0.4, -0.2) is 36.1 Å². The average Bonchev–Trinajstić information content (AvgIpc) is 2.52. The third-order valence-electron chi connectivity index (χ3n) is 3.91. The van der Waals surface area contributed by atoms with Crippen molar-refractivity contribution in [3.05, 3.63) is 46.5 Å². The van der Waals surface area contributed by atoms with Gasteiger partial charge >= 0.3 is 6.09 Å². The second-order valence-corrected chi connectivity index (χ2v) is 5.98. The van der Waals surface area contributed by atoms with Gasteiger partial charge in [-0.25, -0.2) is 4.79 Å². The smallest absolute Gasteiger partial charge is 0.407 e. The van der Waals surface area contributed by atoms with E-state index in [2.05, 4.69) is 11.9 Å². The molecule has 1 aromatic carbocycles. The number of benzene rings is 1. The lowest BCUT2D eigenvalue weighted by atomic mass is 9.81. The zero-order valence-electron chi connectivity index (χ0n) is 13.1. The fourth-order valence-corrected chi connectivity index (χ4v) is 2.81. The van der Waals surface area contributed by atoms with Crippen LogP contribution in [0.3, 0.4) is 0 Å². The zero-order chi connectivity index (χ0) is 17.6. The molecule has 2 amide bonds. The molecule has 0 fully saturated rings. The molecule has 0 aliphatic carbocycles. The third-order valence-corrected chi connectivity index (χ3v) is 4.65. The van der Waals surface area contributed by atoms with E-state index in [1.54, 1.807) is 24.3 Å². The Morgan fingerprint density at radius 2 is 2.04 bits per heavy atom. The van der Waals surface area contributed by atoms with Crippen molar-refractivity contribution in [2.24, 2.45) is 0 Å². The lowest BCUT2D eigenvalue weighted by Gasteiger charge is -2.40. The number of carboxylic acid groups (broad SMARTS) is 1. The van der Waals surface area contributed by atoms with E-state index in [1.165, 1.54) is 19.0 Å². The highest BCUT2D eigenvalue weighted by molar-refractivity contribution is 6.42. The number of nitrogens with one attached hydrogen (secondary N) is 1. The number of nitrogens with zero attached hydrogens (tertiary/aromatic N) is 1. The highest BCUT2D eigenvalue weighted by atomic mass is 35.5. The number of hydrogen-bond donors (Lipinski definition) is 2. The Morgan fingerprint density at radius 3 is 2.52 bits per heavy atom. The average molecular weight is 359 g/mol. The number of rotatable bonds is 7. The van der Waals surface area contributed by atoms with E-state index in [1.807, 2.05) is 0 Å². The first-order valence-electron chi connectivity index (χ1n) is 7.02. The maximum atomic E-state index is 11.7. The molecule has 23 heavy (non-hydrogen) atoms. The van der Waals surface area contributed by atoms with Crippen LogP contribution in [0.4, 0.5) is 4.79 Å². The Labute approximate surface area is 145 Å². The summed E-state index contributed by atoms with van der Waals surface area (Å²) in [5.41, 5.74) is -0.283. The minimum absolute atomic E-state index is 0.169. The second-order valence-electron chi connectivity index (χ2n) is 5.17. The lowest BCUT2D eigenvalue weighted by Crippen LogP contribution is -2.47. The summed E-state index contributed by atoms with van der Waals surface area (Å²) in [5, 5.41) is 12.7.